The summed E-state index contributed by atoms with van der Waals surface area (Å²) in [5.74, 6) is -1.40. The lowest BCUT2D eigenvalue weighted by Crippen LogP contribution is -2.65. The second-order valence-electron chi connectivity index (χ2n) is 8.70. The molecule has 5 unspecified atom stereocenters. The molecule has 2 heterocycles. The number of ether oxygens (including phenoxy) is 5. The molecule has 0 saturated carbocycles. The molecular formula is C25H31ClN4O9S. The maximum atomic E-state index is 12.2. The Morgan fingerprint density at radius 1 is 1.02 bits per heavy atom. The van der Waals surface area contributed by atoms with Crippen LogP contribution >= 0.6 is 23.4 Å². The van der Waals surface area contributed by atoms with E-state index in [2.05, 4.69) is 15.5 Å². The lowest BCUT2D eigenvalue weighted by atomic mass is 9.97. The average Bonchev–Trinajstić information content (AvgIpc) is 3.26. The summed E-state index contributed by atoms with van der Waals surface area (Å²) in [7, 11) is 0. The second kappa shape index (κ2) is 14.3. The molecule has 1 aliphatic heterocycles. The van der Waals surface area contributed by atoms with Gasteiger partial charge in [-0.1, -0.05) is 35.5 Å². The van der Waals surface area contributed by atoms with Crippen LogP contribution in [0.25, 0.3) is 0 Å². The first-order valence-corrected chi connectivity index (χ1v) is 13.6. The molecule has 0 bridgehead atoms. The Hall–Kier alpha value is -3.36. The third-order valence-electron chi connectivity index (χ3n) is 5.60. The van der Waals surface area contributed by atoms with E-state index in [9.17, 15) is 19.2 Å². The second-order valence-corrected chi connectivity index (χ2v) is 10.2. The first-order chi connectivity index (χ1) is 19.0. The van der Waals surface area contributed by atoms with Crippen molar-refractivity contribution < 1.29 is 42.9 Å². The van der Waals surface area contributed by atoms with Gasteiger partial charge in [0.05, 0.1) is 5.02 Å². The van der Waals surface area contributed by atoms with Crippen LogP contribution in [0.4, 0.5) is 0 Å². The number of rotatable bonds is 11. The van der Waals surface area contributed by atoms with E-state index in [0.717, 1.165) is 11.8 Å². The van der Waals surface area contributed by atoms with Gasteiger partial charge in [0, 0.05) is 34.2 Å². The van der Waals surface area contributed by atoms with Gasteiger partial charge < -0.3 is 33.6 Å². The summed E-state index contributed by atoms with van der Waals surface area (Å²) >= 11 is 7.29. The third kappa shape index (κ3) is 8.32. The molecule has 0 aliphatic carbocycles. The normalized spacial score (nSPS) is 22.2. The van der Waals surface area contributed by atoms with Crippen LogP contribution in [0.15, 0.2) is 29.4 Å². The summed E-state index contributed by atoms with van der Waals surface area (Å²) in [5.41, 5.74) is -0.924. The molecule has 1 saturated heterocycles. The van der Waals surface area contributed by atoms with Crippen molar-refractivity contribution in [1.29, 1.82) is 0 Å². The summed E-state index contributed by atoms with van der Waals surface area (Å²) in [5, 5.41) is 12.1. The Morgan fingerprint density at radius 3 is 2.30 bits per heavy atom. The lowest BCUT2D eigenvalue weighted by molar-refractivity contribution is -0.211. The van der Waals surface area contributed by atoms with Crippen LogP contribution in [0.1, 0.15) is 40.4 Å². The molecule has 5 atom stereocenters. The molecule has 218 valence electrons. The lowest BCUT2D eigenvalue weighted by Gasteiger charge is -2.44. The number of thioether (sulfide) groups is 1. The molecule has 13 nitrogen and oxygen atoms in total. The number of hydrogen-bond donors (Lipinski definition) is 1. The highest BCUT2D eigenvalue weighted by molar-refractivity contribution is 7.99. The molecule has 2 aromatic rings. The van der Waals surface area contributed by atoms with Crippen LogP contribution in [0.2, 0.25) is 5.02 Å². The Balaban J connectivity index is 1.93. The average molecular weight is 599 g/mol. The predicted octanol–water partition coefficient (Wildman–Crippen LogP) is 2.28. The molecule has 1 aliphatic rings. The fraction of sp³-hybridized carbons (Fsp3) is 0.520. The van der Waals surface area contributed by atoms with E-state index in [1.807, 2.05) is 6.92 Å². The largest absolute Gasteiger partial charge is 0.484 e. The number of amides is 1. The molecule has 0 radical (unpaired) electrons. The van der Waals surface area contributed by atoms with Crippen LogP contribution in [0, 0.1) is 0 Å². The van der Waals surface area contributed by atoms with Crippen molar-refractivity contribution in [2.75, 3.05) is 6.61 Å². The number of aromatic nitrogens is 3. The van der Waals surface area contributed by atoms with E-state index in [-0.39, 0.29) is 13.2 Å². The van der Waals surface area contributed by atoms with Gasteiger partial charge in [-0.05, 0) is 19.1 Å². The van der Waals surface area contributed by atoms with Crippen molar-refractivity contribution in [3.05, 3.63) is 35.1 Å². The van der Waals surface area contributed by atoms with Crippen molar-refractivity contribution in [2.45, 2.75) is 82.7 Å². The molecule has 1 fully saturated rings. The zero-order chi connectivity index (χ0) is 29.4. The van der Waals surface area contributed by atoms with E-state index in [1.165, 1.54) is 27.7 Å². The van der Waals surface area contributed by atoms with Crippen LogP contribution in [-0.4, -0.2) is 75.0 Å². The van der Waals surface area contributed by atoms with Gasteiger partial charge in [0.1, 0.15) is 36.5 Å². The molecule has 40 heavy (non-hydrogen) atoms. The number of esters is 3. The van der Waals surface area contributed by atoms with E-state index in [4.69, 9.17) is 35.3 Å². The number of halogens is 1. The van der Waals surface area contributed by atoms with Crippen molar-refractivity contribution in [1.82, 2.24) is 20.1 Å². The summed E-state index contributed by atoms with van der Waals surface area (Å²) in [6.07, 6.45) is -3.38. The summed E-state index contributed by atoms with van der Waals surface area (Å²) in [6.45, 7) is 7.01. The van der Waals surface area contributed by atoms with E-state index in [0.29, 0.717) is 28.3 Å². The first kappa shape index (κ1) is 31.2. The predicted molar refractivity (Wildman–Crippen MR) is 141 cm³/mol. The van der Waals surface area contributed by atoms with Crippen molar-refractivity contribution in [3.8, 4) is 5.75 Å². The van der Waals surface area contributed by atoms with Crippen LogP contribution < -0.4 is 10.1 Å². The Morgan fingerprint density at radius 2 is 1.70 bits per heavy atom. The van der Waals surface area contributed by atoms with Crippen molar-refractivity contribution in [3.63, 3.8) is 0 Å². The fourth-order valence-corrected chi connectivity index (χ4v) is 5.45. The van der Waals surface area contributed by atoms with Gasteiger partial charge in [0.2, 0.25) is 5.91 Å². The number of carbonyl (C=O) groups excluding carboxylic acids is 4. The number of nitrogens with zero attached hydrogens (tertiary/aromatic N) is 3. The van der Waals surface area contributed by atoms with Gasteiger partial charge in [-0.15, -0.1) is 10.2 Å². The SMILES string of the molecule is CCn1c(COc2ccccc2Cl)nnc1SC1OC(COC(C)=O)C(OC(C)=O)C(OC(C)=O)C1NC(C)=O. The molecule has 3 rings (SSSR count). The molecule has 0 spiro atoms. The minimum Gasteiger partial charge on any atom is -0.484 e. The number of benzene rings is 1. The number of para-hydroxylation sites is 1. The minimum atomic E-state index is -1.18. The van der Waals surface area contributed by atoms with Crippen LogP contribution in [-0.2, 0) is 51.3 Å². The van der Waals surface area contributed by atoms with Gasteiger partial charge in [-0.3, -0.25) is 19.2 Å². The standard InChI is InChI=1S/C25H31ClN4O9S/c1-6-30-20(12-36-18-10-8-7-9-17(18)26)28-29-25(30)40-24-21(27-13(2)31)23(38-16(5)34)22(37-15(4)33)19(39-24)11-35-14(3)32/h7-10,19,21-24H,6,11-12H2,1-5H3,(H,27,31). The van der Waals surface area contributed by atoms with E-state index in [1.54, 1.807) is 28.8 Å². The van der Waals surface area contributed by atoms with Gasteiger partial charge in [0.25, 0.3) is 0 Å². The number of hydrogen-bond acceptors (Lipinski definition) is 12. The minimum absolute atomic E-state index is 0.0749. The first-order valence-electron chi connectivity index (χ1n) is 12.4. The quantitative estimate of drug-likeness (QED) is 0.298. The Labute approximate surface area is 240 Å². The third-order valence-corrected chi connectivity index (χ3v) is 7.06. The highest BCUT2D eigenvalue weighted by atomic mass is 35.5. The summed E-state index contributed by atoms with van der Waals surface area (Å²) < 4.78 is 29.9. The number of carbonyl (C=O) groups is 4. The van der Waals surface area contributed by atoms with Gasteiger partial charge in [0.15, 0.2) is 23.2 Å². The topological polar surface area (TPSA) is 157 Å². The highest BCUT2D eigenvalue weighted by Crippen LogP contribution is 2.36. The Kier molecular flexibility index (Phi) is 11.2. The molecule has 1 N–H and O–H groups in total. The zero-order valence-electron chi connectivity index (χ0n) is 22.6. The summed E-state index contributed by atoms with van der Waals surface area (Å²) in [6, 6.07) is 6.05. The Bertz CT molecular complexity index is 1230. The zero-order valence-corrected chi connectivity index (χ0v) is 24.2. The van der Waals surface area contributed by atoms with Crippen LogP contribution in [0.5, 0.6) is 5.75 Å². The molecular weight excluding hydrogens is 568 g/mol. The molecule has 1 amide bonds. The molecule has 1 aromatic heterocycles. The maximum Gasteiger partial charge on any atom is 0.303 e. The monoisotopic (exact) mass is 598 g/mol. The smallest absolute Gasteiger partial charge is 0.303 e. The van der Waals surface area contributed by atoms with Gasteiger partial charge in [-0.2, -0.15) is 0 Å². The molecule has 1 aromatic carbocycles. The van der Waals surface area contributed by atoms with E-state index >= 15 is 0 Å². The van der Waals surface area contributed by atoms with Crippen molar-refractivity contribution in [2.24, 2.45) is 0 Å². The maximum absolute atomic E-state index is 12.2. The van der Waals surface area contributed by atoms with Crippen LogP contribution in [0.3, 0.4) is 0 Å². The van der Waals surface area contributed by atoms with Gasteiger partial charge in [-0.25, -0.2) is 0 Å². The van der Waals surface area contributed by atoms with Crippen molar-refractivity contribution >= 4 is 47.2 Å². The van der Waals surface area contributed by atoms with E-state index < -0.39 is 53.6 Å². The summed E-state index contributed by atoms with van der Waals surface area (Å²) in [4.78, 5) is 47.8. The fourth-order valence-electron chi connectivity index (χ4n) is 4.03. The number of nitrogens with one attached hydrogen (secondary N) is 1. The van der Waals surface area contributed by atoms with Gasteiger partial charge >= 0.3 is 17.9 Å². The highest BCUT2D eigenvalue weighted by Gasteiger charge is 2.51. The molecule has 15 heteroatoms.